The van der Waals surface area contributed by atoms with Crippen LogP contribution in [0, 0.1) is 6.92 Å². The van der Waals surface area contributed by atoms with E-state index < -0.39 is 5.60 Å². The number of rotatable bonds is 3. The van der Waals surface area contributed by atoms with E-state index in [1.165, 1.54) is 0 Å². The van der Waals surface area contributed by atoms with Crippen molar-refractivity contribution in [3.05, 3.63) is 29.8 Å². The van der Waals surface area contributed by atoms with Crippen molar-refractivity contribution in [2.45, 2.75) is 26.4 Å². The van der Waals surface area contributed by atoms with E-state index in [1.807, 2.05) is 31.2 Å². The number of hydrogen-bond acceptors (Lipinski definition) is 2. The van der Waals surface area contributed by atoms with Crippen molar-refractivity contribution < 1.29 is 9.53 Å². The lowest BCUT2D eigenvalue weighted by molar-refractivity contribution is -0.118. The van der Waals surface area contributed by atoms with Crippen LogP contribution in [0.1, 0.15) is 19.4 Å². The molecule has 0 N–H and O–H groups in total. The summed E-state index contributed by atoms with van der Waals surface area (Å²) in [5, 5.41) is 0. The number of ether oxygens (including phenoxy) is 1. The molecule has 2 heteroatoms. The summed E-state index contributed by atoms with van der Waals surface area (Å²) in [6.45, 7) is 5.46. The topological polar surface area (TPSA) is 26.3 Å². The predicted molar refractivity (Wildman–Crippen MR) is 52.0 cm³/mol. The summed E-state index contributed by atoms with van der Waals surface area (Å²) in [7, 11) is 0. The zero-order valence-electron chi connectivity index (χ0n) is 8.20. The molecule has 1 rings (SSSR count). The van der Waals surface area contributed by atoms with Crippen molar-refractivity contribution in [1.29, 1.82) is 0 Å². The minimum atomic E-state index is -0.742. The molecule has 0 fully saturated rings. The first kappa shape index (κ1) is 9.78. The van der Waals surface area contributed by atoms with Gasteiger partial charge in [-0.2, -0.15) is 0 Å². The van der Waals surface area contributed by atoms with Crippen LogP contribution in [-0.2, 0) is 4.79 Å². The first-order valence-electron chi connectivity index (χ1n) is 4.25. The number of carbonyl (C=O) groups is 1. The summed E-state index contributed by atoms with van der Waals surface area (Å²) in [6, 6.07) is 7.65. The number of benzene rings is 1. The minimum absolute atomic E-state index is 0.733. The van der Waals surface area contributed by atoms with Gasteiger partial charge in [0.2, 0.25) is 0 Å². The Hall–Kier alpha value is -1.31. The maximum absolute atomic E-state index is 10.6. The molecule has 0 aromatic heterocycles. The maximum Gasteiger partial charge on any atom is 0.162 e. The Bertz CT molecular complexity index is 303. The highest BCUT2D eigenvalue weighted by molar-refractivity contribution is 5.61. The van der Waals surface area contributed by atoms with Crippen molar-refractivity contribution in [3.63, 3.8) is 0 Å². The molecule has 0 radical (unpaired) electrons. The third kappa shape index (κ3) is 2.90. The van der Waals surface area contributed by atoms with E-state index in [1.54, 1.807) is 13.8 Å². The molecule has 70 valence electrons. The van der Waals surface area contributed by atoms with Gasteiger partial charge in [-0.05, 0) is 38.5 Å². The molecule has 0 saturated heterocycles. The largest absolute Gasteiger partial charge is 0.480 e. The molecule has 0 unspecified atom stereocenters. The second kappa shape index (κ2) is 3.60. The third-order valence-corrected chi connectivity index (χ3v) is 1.65. The monoisotopic (exact) mass is 178 g/mol. The van der Waals surface area contributed by atoms with Crippen molar-refractivity contribution in [1.82, 2.24) is 0 Å². The van der Waals surface area contributed by atoms with Gasteiger partial charge in [0.1, 0.15) is 5.75 Å². The molecular weight excluding hydrogens is 164 g/mol. The minimum Gasteiger partial charge on any atom is -0.480 e. The van der Waals surface area contributed by atoms with Gasteiger partial charge in [0.05, 0.1) is 0 Å². The van der Waals surface area contributed by atoms with E-state index in [-0.39, 0.29) is 0 Å². The smallest absolute Gasteiger partial charge is 0.162 e. The van der Waals surface area contributed by atoms with Crippen molar-refractivity contribution in [2.24, 2.45) is 0 Å². The Kier molecular flexibility index (Phi) is 2.71. The van der Waals surface area contributed by atoms with E-state index in [2.05, 4.69) is 0 Å². The Balaban J connectivity index is 2.80. The summed E-state index contributed by atoms with van der Waals surface area (Å²) in [5.74, 6) is 0.733. The molecule has 0 heterocycles. The number of aryl methyl sites for hydroxylation is 1. The van der Waals surface area contributed by atoms with Crippen LogP contribution in [0.15, 0.2) is 24.3 Å². The molecule has 0 amide bonds. The highest BCUT2D eigenvalue weighted by Crippen LogP contribution is 2.17. The highest BCUT2D eigenvalue weighted by atomic mass is 16.5. The van der Waals surface area contributed by atoms with Crippen LogP contribution >= 0.6 is 0 Å². The van der Waals surface area contributed by atoms with Crippen LogP contribution in [0.2, 0.25) is 0 Å². The number of carbonyl (C=O) groups excluding carboxylic acids is 1. The second-order valence-electron chi connectivity index (χ2n) is 3.64. The molecule has 1 aromatic carbocycles. The predicted octanol–water partition coefficient (Wildman–Crippen LogP) is 2.35. The van der Waals surface area contributed by atoms with Gasteiger partial charge in [0, 0.05) is 0 Å². The lowest BCUT2D eigenvalue weighted by Crippen LogP contribution is -2.29. The number of hydrogen-bond donors (Lipinski definition) is 0. The van der Waals surface area contributed by atoms with Crippen LogP contribution in [0.25, 0.3) is 0 Å². The molecule has 0 spiro atoms. The molecule has 0 atom stereocenters. The van der Waals surface area contributed by atoms with Gasteiger partial charge in [-0.15, -0.1) is 0 Å². The van der Waals surface area contributed by atoms with Gasteiger partial charge < -0.3 is 4.74 Å². The Morgan fingerprint density at radius 1 is 1.38 bits per heavy atom. The van der Waals surface area contributed by atoms with Gasteiger partial charge in [0.15, 0.2) is 11.9 Å². The molecule has 0 aliphatic heterocycles. The molecule has 1 aromatic rings. The molecule has 0 saturated carbocycles. The summed E-state index contributed by atoms with van der Waals surface area (Å²) in [6.07, 6.45) is 0.801. The lowest BCUT2D eigenvalue weighted by atomic mass is 10.1. The Morgan fingerprint density at radius 3 is 2.62 bits per heavy atom. The standard InChI is InChI=1S/C11H14O2/c1-9-5-4-6-10(7-9)13-11(2,3)8-12/h4-8H,1-3H3. The van der Waals surface area contributed by atoms with Crippen LogP contribution in [-0.4, -0.2) is 11.9 Å². The van der Waals surface area contributed by atoms with E-state index in [0.717, 1.165) is 17.6 Å². The molecule has 13 heavy (non-hydrogen) atoms. The van der Waals surface area contributed by atoms with Gasteiger partial charge >= 0.3 is 0 Å². The lowest BCUT2D eigenvalue weighted by Gasteiger charge is -2.19. The van der Waals surface area contributed by atoms with Crippen LogP contribution < -0.4 is 4.74 Å². The third-order valence-electron chi connectivity index (χ3n) is 1.65. The highest BCUT2D eigenvalue weighted by Gasteiger charge is 2.17. The summed E-state index contributed by atoms with van der Waals surface area (Å²) in [4.78, 5) is 10.6. The molecule has 2 nitrogen and oxygen atoms in total. The van der Waals surface area contributed by atoms with Gasteiger partial charge in [-0.3, -0.25) is 4.79 Å². The first-order chi connectivity index (χ1) is 6.03. The average Bonchev–Trinajstić information content (AvgIpc) is 2.03. The summed E-state index contributed by atoms with van der Waals surface area (Å²) < 4.78 is 5.46. The molecule has 0 aliphatic rings. The average molecular weight is 178 g/mol. The number of aldehydes is 1. The first-order valence-corrected chi connectivity index (χ1v) is 4.25. The van der Waals surface area contributed by atoms with Crippen LogP contribution in [0.3, 0.4) is 0 Å². The Labute approximate surface area is 78.5 Å². The van der Waals surface area contributed by atoms with Crippen molar-refractivity contribution >= 4 is 6.29 Å². The van der Waals surface area contributed by atoms with Gasteiger partial charge in [-0.1, -0.05) is 12.1 Å². The van der Waals surface area contributed by atoms with Crippen molar-refractivity contribution in [3.8, 4) is 5.75 Å². The zero-order valence-corrected chi connectivity index (χ0v) is 8.20. The normalized spacial score (nSPS) is 11.0. The fourth-order valence-corrected chi connectivity index (χ4v) is 1.01. The van der Waals surface area contributed by atoms with E-state index >= 15 is 0 Å². The van der Waals surface area contributed by atoms with Crippen LogP contribution in [0.4, 0.5) is 0 Å². The maximum atomic E-state index is 10.6. The molecular formula is C11H14O2. The van der Waals surface area contributed by atoms with E-state index in [9.17, 15) is 4.79 Å². The van der Waals surface area contributed by atoms with Gasteiger partial charge in [-0.25, -0.2) is 0 Å². The Morgan fingerprint density at radius 2 is 2.08 bits per heavy atom. The van der Waals surface area contributed by atoms with E-state index in [4.69, 9.17) is 4.74 Å². The summed E-state index contributed by atoms with van der Waals surface area (Å²) >= 11 is 0. The van der Waals surface area contributed by atoms with Crippen LogP contribution in [0.5, 0.6) is 5.75 Å². The summed E-state index contributed by atoms with van der Waals surface area (Å²) in [5.41, 5.74) is 0.382. The van der Waals surface area contributed by atoms with E-state index in [0.29, 0.717) is 0 Å². The fraction of sp³-hybridized carbons (Fsp3) is 0.364. The molecule has 0 bridgehead atoms. The fourth-order valence-electron chi connectivity index (χ4n) is 1.01. The second-order valence-corrected chi connectivity index (χ2v) is 3.64. The molecule has 0 aliphatic carbocycles. The van der Waals surface area contributed by atoms with Crippen molar-refractivity contribution in [2.75, 3.05) is 0 Å². The quantitative estimate of drug-likeness (QED) is 0.664. The SMILES string of the molecule is Cc1cccc(OC(C)(C)C=O)c1. The zero-order chi connectivity index (χ0) is 9.90. The van der Waals surface area contributed by atoms with Gasteiger partial charge in [0.25, 0.3) is 0 Å².